The summed E-state index contributed by atoms with van der Waals surface area (Å²) in [5, 5.41) is 21.1. The number of phenolic OH excluding ortho intramolecular Hbond substituents is 2. The zero-order valence-electron chi connectivity index (χ0n) is 19.8. The molecule has 4 nitrogen and oxygen atoms in total. The molecule has 0 radical (unpaired) electrons. The van der Waals surface area contributed by atoms with E-state index < -0.39 is 0 Å². The minimum absolute atomic E-state index is 0.121. The number of hydrogen-bond acceptors (Lipinski definition) is 4. The summed E-state index contributed by atoms with van der Waals surface area (Å²) < 4.78 is 0. The SMILES string of the molecule is CCCC(c1cc(CN)c(O)cc1C(C)(C)C)c1cc(CN)c(O)cc1C(C)(C)C. The van der Waals surface area contributed by atoms with Crippen LogP contribution >= 0.6 is 0 Å². The molecule has 0 atom stereocenters. The monoisotopic (exact) mass is 412 g/mol. The Morgan fingerprint density at radius 2 is 1.10 bits per heavy atom. The van der Waals surface area contributed by atoms with Crippen LogP contribution in [0.2, 0.25) is 0 Å². The van der Waals surface area contributed by atoms with Crippen molar-refractivity contribution in [2.45, 2.75) is 91.1 Å². The molecule has 0 saturated carbocycles. The minimum atomic E-state index is -0.137. The third kappa shape index (κ3) is 4.98. The van der Waals surface area contributed by atoms with Crippen molar-refractivity contribution >= 4 is 0 Å². The van der Waals surface area contributed by atoms with E-state index >= 15 is 0 Å². The zero-order chi connectivity index (χ0) is 22.9. The molecule has 2 rings (SSSR count). The highest BCUT2D eigenvalue weighted by molar-refractivity contribution is 5.53. The van der Waals surface area contributed by atoms with Gasteiger partial charge in [0.1, 0.15) is 11.5 Å². The molecule has 166 valence electrons. The van der Waals surface area contributed by atoms with E-state index in [1.165, 1.54) is 11.1 Å². The summed E-state index contributed by atoms with van der Waals surface area (Å²) >= 11 is 0. The van der Waals surface area contributed by atoms with Gasteiger partial charge < -0.3 is 21.7 Å². The first kappa shape index (κ1) is 24.2. The summed E-state index contributed by atoms with van der Waals surface area (Å²) in [4.78, 5) is 0. The second kappa shape index (κ2) is 8.99. The van der Waals surface area contributed by atoms with Crippen LogP contribution in [-0.4, -0.2) is 10.2 Å². The molecule has 0 fully saturated rings. The highest BCUT2D eigenvalue weighted by atomic mass is 16.3. The van der Waals surface area contributed by atoms with Crippen molar-refractivity contribution in [2.75, 3.05) is 0 Å². The Labute approximate surface area is 182 Å². The van der Waals surface area contributed by atoms with Gasteiger partial charge in [0.2, 0.25) is 0 Å². The lowest BCUT2D eigenvalue weighted by Gasteiger charge is -2.33. The summed E-state index contributed by atoms with van der Waals surface area (Å²) in [6.07, 6.45) is 1.96. The Bertz CT molecular complexity index is 818. The van der Waals surface area contributed by atoms with Crippen molar-refractivity contribution in [3.05, 3.63) is 57.6 Å². The number of benzene rings is 2. The Morgan fingerprint density at radius 1 is 0.733 bits per heavy atom. The third-order valence-electron chi connectivity index (χ3n) is 5.89. The van der Waals surface area contributed by atoms with Gasteiger partial charge in [-0.3, -0.25) is 0 Å². The molecule has 30 heavy (non-hydrogen) atoms. The minimum Gasteiger partial charge on any atom is -0.508 e. The number of nitrogens with two attached hydrogens (primary N) is 2. The lowest BCUT2D eigenvalue weighted by atomic mass is 9.72. The van der Waals surface area contributed by atoms with Crippen molar-refractivity contribution in [2.24, 2.45) is 11.5 Å². The highest BCUT2D eigenvalue weighted by Gasteiger charge is 2.30. The molecule has 0 bridgehead atoms. The molecular formula is C26H40N2O2. The number of hydrogen-bond donors (Lipinski definition) is 4. The van der Waals surface area contributed by atoms with Gasteiger partial charge in [0.25, 0.3) is 0 Å². The van der Waals surface area contributed by atoms with Gasteiger partial charge in [0.05, 0.1) is 0 Å². The van der Waals surface area contributed by atoms with E-state index in [0.717, 1.165) is 35.1 Å². The van der Waals surface area contributed by atoms with Gasteiger partial charge in [-0.1, -0.05) is 54.9 Å². The first-order chi connectivity index (χ1) is 13.8. The molecule has 0 saturated heterocycles. The van der Waals surface area contributed by atoms with Gasteiger partial charge in [-0.25, -0.2) is 0 Å². The first-order valence-electron chi connectivity index (χ1n) is 11.0. The summed E-state index contributed by atoms with van der Waals surface area (Å²) in [6.45, 7) is 15.8. The molecule has 0 aliphatic rings. The van der Waals surface area contributed by atoms with E-state index in [9.17, 15) is 10.2 Å². The fourth-order valence-electron chi connectivity index (χ4n) is 4.27. The standard InChI is InChI=1S/C26H40N2O2/c1-8-9-18(19-10-16(14-27)23(29)12-21(19)25(2,3)4)20-11-17(15-28)24(30)13-22(20)26(5,6)7/h10-13,18,29-30H,8-9,14-15,27-28H2,1-7H3. The largest absolute Gasteiger partial charge is 0.508 e. The van der Waals surface area contributed by atoms with E-state index in [1.54, 1.807) is 0 Å². The van der Waals surface area contributed by atoms with Crippen molar-refractivity contribution in [3.63, 3.8) is 0 Å². The van der Waals surface area contributed by atoms with E-state index in [-0.39, 0.29) is 41.3 Å². The topological polar surface area (TPSA) is 92.5 Å². The molecule has 0 amide bonds. The Morgan fingerprint density at radius 3 is 1.37 bits per heavy atom. The summed E-state index contributed by atoms with van der Waals surface area (Å²) in [5.74, 6) is 0.631. The zero-order valence-corrected chi connectivity index (χ0v) is 19.8. The molecule has 2 aromatic carbocycles. The fraction of sp³-hybridized carbons (Fsp3) is 0.538. The predicted molar refractivity (Wildman–Crippen MR) is 126 cm³/mol. The average Bonchev–Trinajstić information content (AvgIpc) is 2.64. The van der Waals surface area contributed by atoms with Crippen molar-refractivity contribution < 1.29 is 10.2 Å². The smallest absolute Gasteiger partial charge is 0.120 e. The maximum absolute atomic E-state index is 10.5. The summed E-state index contributed by atoms with van der Waals surface area (Å²) in [6, 6.07) is 7.94. The quantitative estimate of drug-likeness (QED) is 0.501. The number of rotatable bonds is 6. The van der Waals surface area contributed by atoms with Crippen LogP contribution in [0.5, 0.6) is 11.5 Å². The highest BCUT2D eigenvalue weighted by Crippen LogP contribution is 2.44. The van der Waals surface area contributed by atoms with Crippen LogP contribution in [0.25, 0.3) is 0 Å². The van der Waals surface area contributed by atoms with Crippen molar-refractivity contribution in [1.29, 1.82) is 0 Å². The number of aromatic hydroxyl groups is 2. The van der Waals surface area contributed by atoms with E-state index in [0.29, 0.717) is 0 Å². The van der Waals surface area contributed by atoms with Crippen molar-refractivity contribution in [1.82, 2.24) is 0 Å². The lowest BCUT2D eigenvalue weighted by molar-refractivity contribution is 0.460. The Hall–Kier alpha value is -2.04. The molecule has 0 spiro atoms. The van der Waals surface area contributed by atoms with Gasteiger partial charge in [-0.2, -0.15) is 0 Å². The molecule has 6 N–H and O–H groups in total. The second-order valence-corrected chi connectivity index (χ2v) is 10.4. The summed E-state index contributed by atoms with van der Waals surface area (Å²) in [5.41, 5.74) is 17.8. The van der Waals surface area contributed by atoms with Crippen LogP contribution in [-0.2, 0) is 23.9 Å². The van der Waals surface area contributed by atoms with Gasteiger partial charge in [0.15, 0.2) is 0 Å². The molecule has 0 aromatic heterocycles. The van der Waals surface area contributed by atoms with Gasteiger partial charge in [-0.15, -0.1) is 0 Å². The van der Waals surface area contributed by atoms with Crippen molar-refractivity contribution in [3.8, 4) is 11.5 Å². The molecule has 0 heterocycles. The van der Waals surface area contributed by atoms with Crippen LogP contribution in [0.15, 0.2) is 24.3 Å². The van der Waals surface area contributed by atoms with Gasteiger partial charge in [0, 0.05) is 30.1 Å². The molecule has 0 aliphatic carbocycles. The maximum atomic E-state index is 10.5. The lowest BCUT2D eigenvalue weighted by Crippen LogP contribution is -2.21. The average molecular weight is 413 g/mol. The first-order valence-corrected chi connectivity index (χ1v) is 11.0. The van der Waals surface area contributed by atoms with Gasteiger partial charge in [-0.05, 0) is 63.8 Å². The normalized spacial score (nSPS) is 12.6. The molecular weight excluding hydrogens is 372 g/mol. The van der Waals surface area contributed by atoms with Crippen LogP contribution in [0.4, 0.5) is 0 Å². The predicted octanol–water partition coefficient (Wildman–Crippen LogP) is 5.54. The summed E-state index contributed by atoms with van der Waals surface area (Å²) in [7, 11) is 0. The third-order valence-corrected chi connectivity index (χ3v) is 5.89. The van der Waals surface area contributed by atoms with Crippen LogP contribution < -0.4 is 11.5 Å². The van der Waals surface area contributed by atoms with E-state index in [1.807, 2.05) is 12.1 Å². The molecule has 0 aliphatic heterocycles. The van der Waals surface area contributed by atoms with Crippen LogP contribution in [0, 0.1) is 0 Å². The maximum Gasteiger partial charge on any atom is 0.120 e. The Balaban J connectivity index is 2.90. The van der Waals surface area contributed by atoms with Gasteiger partial charge >= 0.3 is 0 Å². The van der Waals surface area contributed by atoms with E-state index in [4.69, 9.17) is 11.5 Å². The van der Waals surface area contributed by atoms with E-state index in [2.05, 4.69) is 60.6 Å². The molecule has 4 heteroatoms. The van der Waals surface area contributed by atoms with Crippen LogP contribution in [0.3, 0.4) is 0 Å². The molecule has 2 aromatic rings. The molecule has 0 unspecified atom stereocenters. The second-order valence-electron chi connectivity index (χ2n) is 10.4. The fourth-order valence-corrected chi connectivity index (χ4v) is 4.27. The number of phenols is 2. The Kier molecular flexibility index (Phi) is 7.26. The van der Waals surface area contributed by atoms with Crippen LogP contribution in [0.1, 0.15) is 101 Å².